The van der Waals surface area contributed by atoms with E-state index < -0.39 is 8.80 Å². The highest BCUT2D eigenvalue weighted by molar-refractivity contribution is 6.60. The normalized spacial score (nSPS) is 11.8. The van der Waals surface area contributed by atoms with Crippen molar-refractivity contribution in [3.8, 4) is 0 Å². The molecule has 0 N–H and O–H groups in total. The van der Waals surface area contributed by atoms with Crippen molar-refractivity contribution in [3.05, 3.63) is 34.9 Å². The third-order valence-electron chi connectivity index (χ3n) is 2.64. The Kier molecular flexibility index (Phi) is 4.67. The van der Waals surface area contributed by atoms with Crippen molar-refractivity contribution in [2.45, 2.75) is 19.9 Å². The van der Waals surface area contributed by atoms with E-state index in [9.17, 15) is 0 Å². The predicted octanol–water partition coefficient (Wildman–Crippen LogP) is 2.26. The van der Waals surface area contributed by atoms with Crippen LogP contribution >= 0.6 is 0 Å². The van der Waals surface area contributed by atoms with E-state index in [1.807, 2.05) is 0 Å². The molecular weight excluding hydrogens is 220 g/mol. The number of rotatable bonds is 5. The van der Waals surface area contributed by atoms with Crippen LogP contribution < -0.4 is 0 Å². The maximum atomic E-state index is 5.41. The van der Waals surface area contributed by atoms with E-state index in [0.717, 1.165) is 0 Å². The lowest BCUT2D eigenvalue weighted by Crippen LogP contribution is -2.45. The van der Waals surface area contributed by atoms with E-state index in [0.29, 0.717) is 6.04 Å². The molecule has 1 rings (SSSR count). The second-order valence-corrected chi connectivity index (χ2v) is 6.91. The van der Waals surface area contributed by atoms with E-state index in [-0.39, 0.29) is 0 Å². The third kappa shape index (κ3) is 3.15. The second kappa shape index (κ2) is 5.59. The maximum absolute atomic E-state index is 5.41. The lowest BCUT2D eigenvalue weighted by Gasteiger charge is -2.24. The van der Waals surface area contributed by atoms with Crippen LogP contribution in [0.1, 0.15) is 16.7 Å². The largest absolute Gasteiger partial charge is 0.504 e. The molecule has 3 nitrogen and oxygen atoms in total. The summed E-state index contributed by atoms with van der Waals surface area (Å²) in [6.07, 6.45) is 0. The highest BCUT2D eigenvalue weighted by Gasteiger charge is 2.37. The van der Waals surface area contributed by atoms with Gasteiger partial charge in [0.15, 0.2) is 0 Å². The molecule has 0 heterocycles. The molecule has 4 heteroatoms. The van der Waals surface area contributed by atoms with E-state index >= 15 is 0 Å². The fourth-order valence-electron chi connectivity index (χ4n) is 1.89. The molecule has 16 heavy (non-hydrogen) atoms. The molecule has 0 fully saturated rings. The molecule has 0 bridgehead atoms. The van der Waals surface area contributed by atoms with Crippen molar-refractivity contribution in [1.82, 2.24) is 0 Å². The van der Waals surface area contributed by atoms with E-state index in [2.05, 4.69) is 32.0 Å². The van der Waals surface area contributed by atoms with Crippen LogP contribution in [0.15, 0.2) is 18.2 Å². The topological polar surface area (TPSA) is 27.7 Å². The van der Waals surface area contributed by atoms with Gasteiger partial charge in [0.25, 0.3) is 0 Å². The summed E-state index contributed by atoms with van der Waals surface area (Å²) in [4.78, 5) is 0. The van der Waals surface area contributed by atoms with Crippen LogP contribution in [0, 0.1) is 13.8 Å². The summed E-state index contributed by atoms with van der Waals surface area (Å²) in [5.74, 6) is 0. The molecule has 0 saturated carbocycles. The van der Waals surface area contributed by atoms with Gasteiger partial charge in [0.1, 0.15) is 0 Å². The molecule has 0 aliphatic rings. The average Bonchev–Trinajstić information content (AvgIpc) is 2.25. The number of benzene rings is 1. The molecule has 0 radical (unpaired) electrons. The standard InChI is InChI=1S/C12H20O3Si/c1-10-6-11(2)8-12(7-10)9-16(13-3,14-4)15-5/h6-8H,9H2,1-5H3. The zero-order valence-electron chi connectivity index (χ0n) is 10.7. The summed E-state index contributed by atoms with van der Waals surface area (Å²) in [5.41, 5.74) is 3.71. The molecule has 0 saturated heterocycles. The van der Waals surface area contributed by atoms with Gasteiger partial charge in [-0.25, -0.2) is 0 Å². The monoisotopic (exact) mass is 240 g/mol. The first-order valence-electron chi connectivity index (χ1n) is 5.28. The summed E-state index contributed by atoms with van der Waals surface area (Å²) in [6.45, 7) is 4.18. The van der Waals surface area contributed by atoms with Gasteiger partial charge >= 0.3 is 8.80 Å². The van der Waals surface area contributed by atoms with Crippen LogP contribution in [-0.4, -0.2) is 30.1 Å². The number of hydrogen-bond donors (Lipinski definition) is 0. The molecule has 0 spiro atoms. The Morgan fingerprint density at radius 3 is 1.69 bits per heavy atom. The van der Waals surface area contributed by atoms with Gasteiger partial charge in [-0.05, 0) is 19.4 Å². The quantitative estimate of drug-likeness (QED) is 0.739. The third-order valence-corrected chi connectivity index (χ3v) is 5.34. The first kappa shape index (κ1) is 13.4. The van der Waals surface area contributed by atoms with Crippen molar-refractivity contribution in [2.75, 3.05) is 21.3 Å². The van der Waals surface area contributed by atoms with E-state index in [1.165, 1.54) is 16.7 Å². The molecular formula is C12H20O3Si. The smallest absolute Gasteiger partial charge is 0.377 e. The van der Waals surface area contributed by atoms with Crippen molar-refractivity contribution < 1.29 is 13.3 Å². The van der Waals surface area contributed by atoms with Gasteiger partial charge < -0.3 is 13.3 Å². The SMILES string of the molecule is CO[Si](Cc1cc(C)cc(C)c1)(OC)OC. The Morgan fingerprint density at radius 1 is 0.875 bits per heavy atom. The second-order valence-electron chi connectivity index (χ2n) is 3.97. The summed E-state index contributed by atoms with van der Waals surface area (Å²) in [6, 6.07) is 7.15. The van der Waals surface area contributed by atoms with Gasteiger partial charge in [-0.15, -0.1) is 0 Å². The van der Waals surface area contributed by atoms with Crippen molar-refractivity contribution in [3.63, 3.8) is 0 Å². The lowest BCUT2D eigenvalue weighted by molar-refractivity contribution is 0.122. The minimum Gasteiger partial charge on any atom is -0.377 e. The Hall–Kier alpha value is -0.683. The van der Waals surface area contributed by atoms with E-state index in [1.54, 1.807) is 21.3 Å². The highest BCUT2D eigenvalue weighted by Crippen LogP contribution is 2.17. The minimum atomic E-state index is -2.50. The van der Waals surface area contributed by atoms with Crippen LogP contribution in [0.25, 0.3) is 0 Å². The molecule has 1 aromatic carbocycles. The van der Waals surface area contributed by atoms with Gasteiger partial charge in [-0.2, -0.15) is 0 Å². The fourth-order valence-corrected chi connectivity index (χ4v) is 3.52. The van der Waals surface area contributed by atoms with Gasteiger partial charge in [0.05, 0.1) is 0 Å². The fraction of sp³-hybridized carbons (Fsp3) is 0.500. The average molecular weight is 240 g/mol. The molecule has 0 atom stereocenters. The number of aryl methyl sites for hydroxylation is 2. The zero-order valence-corrected chi connectivity index (χ0v) is 11.7. The Labute approximate surface area is 98.7 Å². The summed E-state index contributed by atoms with van der Waals surface area (Å²) in [7, 11) is 2.42. The molecule has 0 aliphatic heterocycles. The summed E-state index contributed by atoms with van der Waals surface area (Å²) in [5, 5.41) is 0. The van der Waals surface area contributed by atoms with Crippen molar-refractivity contribution >= 4 is 8.80 Å². The van der Waals surface area contributed by atoms with E-state index in [4.69, 9.17) is 13.3 Å². The Balaban J connectivity index is 2.93. The molecule has 0 amide bonds. The highest BCUT2D eigenvalue weighted by atomic mass is 28.4. The van der Waals surface area contributed by atoms with Gasteiger partial charge in [-0.1, -0.05) is 29.3 Å². The lowest BCUT2D eigenvalue weighted by atomic mass is 10.1. The first-order chi connectivity index (χ1) is 7.55. The minimum absolute atomic E-state index is 0.707. The summed E-state index contributed by atoms with van der Waals surface area (Å²) >= 11 is 0. The molecule has 1 aromatic rings. The van der Waals surface area contributed by atoms with Gasteiger partial charge in [-0.3, -0.25) is 0 Å². The summed E-state index contributed by atoms with van der Waals surface area (Å²) < 4.78 is 16.2. The van der Waals surface area contributed by atoms with Crippen LogP contribution in [0.2, 0.25) is 0 Å². The predicted molar refractivity (Wildman–Crippen MR) is 66.4 cm³/mol. The molecule has 0 aromatic heterocycles. The Bertz CT molecular complexity index is 320. The molecule has 90 valence electrons. The number of hydrogen-bond acceptors (Lipinski definition) is 3. The van der Waals surface area contributed by atoms with Crippen LogP contribution in [0.4, 0.5) is 0 Å². The molecule has 0 unspecified atom stereocenters. The Morgan fingerprint density at radius 2 is 1.31 bits per heavy atom. The van der Waals surface area contributed by atoms with Crippen molar-refractivity contribution in [2.24, 2.45) is 0 Å². The van der Waals surface area contributed by atoms with Gasteiger partial charge in [0, 0.05) is 27.4 Å². The first-order valence-corrected chi connectivity index (χ1v) is 7.21. The zero-order chi connectivity index (χ0) is 12.2. The van der Waals surface area contributed by atoms with Crippen molar-refractivity contribution in [1.29, 1.82) is 0 Å². The van der Waals surface area contributed by atoms with Crippen LogP contribution in [0.3, 0.4) is 0 Å². The van der Waals surface area contributed by atoms with Crippen LogP contribution in [-0.2, 0) is 19.3 Å². The van der Waals surface area contributed by atoms with Gasteiger partial charge in [0.2, 0.25) is 0 Å². The molecule has 0 aliphatic carbocycles. The maximum Gasteiger partial charge on any atom is 0.504 e. The van der Waals surface area contributed by atoms with Crippen LogP contribution in [0.5, 0.6) is 0 Å².